The summed E-state index contributed by atoms with van der Waals surface area (Å²) in [6, 6.07) is 6.43. The summed E-state index contributed by atoms with van der Waals surface area (Å²) in [7, 11) is 0. The van der Waals surface area contributed by atoms with E-state index in [-0.39, 0.29) is 11.3 Å². The smallest absolute Gasteiger partial charge is 0.339 e. The van der Waals surface area contributed by atoms with Crippen LogP contribution in [-0.2, 0) is 0 Å². The highest BCUT2D eigenvalue weighted by atomic mass is 79.9. The Morgan fingerprint density at radius 3 is 2.83 bits per heavy atom. The summed E-state index contributed by atoms with van der Waals surface area (Å²) < 4.78 is 6.26. The number of ether oxygens (including phenoxy) is 1. The third kappa shape index (κ3) is 2.80. The molecule has 0 saturated heterocycles. The Kier molecular flexibility index (Phi) is 3.84. The summed E-state index contributed by atoms with van der Waals surface area (Å²) in [6.07, 6.45) is 2.72. The molecule has 0 aliphatic rings. The highest BCUT2D eigenvalue weighted by Gasteiger charge is 2.13. The molecule has 0 aliphatic heterocycles. The number of nitrogens with zero attached hydrogens (tertiary/aromatic N) is 1. The van der Waals surface area contributed by atoms with Gasteiger partial charge in [-0.25, -0.2) is 4.79 Å². The lowest BCUT2D eigenvalue weighted by Gasteiger charge is -2.09. The molecule has 0 amide bonds. The molecule has 1 aromatic heterocycles. The molecule has 0 saturated carbocycles. The number of carboxylic acids is 1. The van der Waals surface area contributed by atoms with Gasteiger partial charge in [0.15, 0.2) is 5.75 Å². The normalized spacial score (nSPS) is 10.1. The van der Waals surface area contributed by atoms with Crippen LogP contribution in [0.2, 0.25) is 5.02 Å². The van der Waals surface area contributed by atoms with E-state index in [4.69, 9.17) is 21.4 Å². The number of aromatic carboxylic acids is 1. The van der Waals surface area contributed by atoms with Crippen LogP contribution < -0.4 is 4.74 Å². The summed E-state index contributed by atoms with van der Waals surface area (Å²) in [5.41, 5.74) is 0.0287. The topological polar surface area (TPSA) is 59.4 Å². The van der Waals surface area contributed by atoms with Gasteiger partial charge in [0.2, 0.25) is 0 Å². The molecule has 92 valence electrons. The average Bonchev–Trinajstić information content (AvgIpc) is 2.34. The van der Waals surface area contributed by atoms with Gasteiger partial charge in [-0.3, -0.25) is 4.98 Å². The third-order valence-corrected chi connectivity index (χ3v) is 2.93. The first-order valence-electron chi connectivity index (χ1n) is 4.88. The van der Waals surface area contributed by atoms with Gasteiger partial charge in [-0.1, -0.05) is 27.5 Å². The third-order valence-electron chi connectivity index (χ3n) is 2.13. The number of benzene rings is 1. The molecule has 1 N–H and O–H groups in total. The number of carboxylic acid groups (broad SMARTS) is 1. The monoisotopic (exact) mass is 327 g/mol. The molecular formula is C12H7BrClNO3. The van der Waals surface area contributed by atoms with E-state index in [9.17, 15) is 4.79 Å². The van der Waals surface area contributed by atoms with Crippen molar-refractivity contribution in [2.75, 3.05) is 0 Å². The number of pyridine rings is 1. The summed E-state index contributed by atoms with van der Waals surface area (Å²) in [5, 5.41) is 9.40. The Morgan fingerprint density at radius 1 is 1.33 bits per heavy atom. The average molecular weight is 329 g/mol. The van der Waals surface area contributed by atoms with Crippen molar-refractivity contribution in [1.82, 2.24) is 4.98 Å². The standard InChI is InChI=1S/C12H7BrClNO3/c13-7-1-2-9(14)10(5-7)18-11-6-15-4-3-8(11)12(16)17/h1-6H,(H,16,17). The fraction of sp³-hybridized carbons (Fsp3) is 0. The van der Waals surface area contributed by atoms with Crippen molar-refractivity contribution < 1.29 is 14.6 Å². The molecule has 2 rings (SSSR count). The molecule has 0 fully saturated rings. The van der Waals surface area contributed by atoms with Crippen LogP contribution >= 0.6 is 27.5 Å². The van der Waals surface area contributed by atoms with Gasteiger partial charge in [0.05, 0.1) is 11.2 Å². The van der Waals surface area contributed by atoms with E-state index >= 15 is 0 Å². The van der Waals surface area contributed by atoms with Crippen molar-refractivity contribution in [3.8, 4) is 11.5 Å². The molecule has 0 radical (unpaired) electrons. The lowest BCUT2D eigenvalue weighted by atomic mass is 10.2. The van der Waals surface area contributed by atoms with E-state index in [0.29, 0.717) is 10.8 Å². The van der Waals surface area contributed by atoms with Gasteiger partial charge in [0.1, 0.15) is 11.3 Å². The number of halogens is 2. The zero-order valence-electron chi connectivity index (χ0n) is 8.93. The predicted molar refractivity (Wildman–Crippen MR) is 70.4 cm³/mol. The number of hydrogen-bond acceptors (Lipinski definition) is 3. The molecule has 4 nitrogen and oxygen atoms in total. The predicted octanol–water partition coefficient (Wildman–Crippen LogP) is 3.99. The van der Waals surface area contributed by atoms with Crippen LogP contribution in [0.15, 0.2) is 41.1 Å². The number of carbonyl (C=O) groups is 1. The molecule has 18 heavy (non-hydrogen) atoms. The van der Waals surface area contributed by atoms with Crippen molar-refractivity contribution in [2.24, 2.45) is 0 Å². The lowest BCUT2D eigenvalue weighted by molar-refractivity contribution is 0.0694. The van der Waals surface area contributed by atoms with Crippen molar-refractivity contribution in [1.29, 1.82) is 0 Å². The van der Waals surface area contributed by atoms with Crippen molar-refractivity contribution in [2.45, 2.75) is 0 Å². The fourth-order valence-corrected chi connectivity index (χ4v) is 1.81. The largest absolute Gasteiger partial charge is 0.478 e. The van der Waals surface area contributed by atoms with Crippen LogP contribution in [0.3, 0.4) is 0 Å². The molecule has 0 unspecified atom stereocenters. The van der Waals surface area contributed by atoms with Gasteiger partial charge in [0, 0.05) is 10.7 Å². The molecule has 0 atom stereocenters. The second-order valence-electron chi connectivity index (χ2n) is 3.35. The van der Waals surface area contributed by atoms with Gasteiger partial charge in [-0.15, -0.1) is 0 Å². The van der Waals surface area contributed by atoms with Crippen LogP contribution in [0.25, 0.3) is 0 Å². The van der Waals surface area contributed by atoms with Crippen LogP contribution in [0.5, 0.6) is 11.5 Å². The highest BCUT2D eigenvalue weighted by Crippen LogP contribution is 2.33. The Labute approximate surface area is 116 Å². The van der Waals surface area contributed by atoms with Crippen LogP contribution in [0, 0.1) is 0 Å². The summed E-state index contributed by atoms with van der Waals surface area (Å²) in [4.78, 5) is 14.8. The first-order valence-corrected chi connectivity index (χ1v) is 6.05. The Bertz CT molecular complexity index is 604. The van der Waals surface area contributed by atoms with E-state index in [1.165, 1.54) is 18.5 Å². The second kappa shape index (κ2) is 5.37. The first-order chi connectivity index (χ1) is 8.58. The second-order valence-corrected chi connectivity index (χ2v) is 4.68. The van der Waals surface area contributed by atoms with Crippen LogP contribution in [-0.4, -0.2) is 16.1 Å². The van der Waals surface area contributed by atoms with Gasteiger partial charge in [-0.05, 0) is 24.3 Å². The summed E-state index contributed by atoms with van der Waals surface area (Å²) >= 11 is 9.25. The van der Waals surface area contributed by atoms with Gasteiger partial charge in [0.25, 0.3) is 0 Å². The fourth-order valence-electron chi connectivity index (χ4n) is 1.31. The maximum absolute atomic E-state index is 11.0. The molecule has 0 spiro atoms. The van der Waals surface area contributed by atoms with E-state index in [1.54, 1.807) is 18.2 Å². The van der Waals surface area contributed by atoms with Gasteiger partial charge in [-0.2, -0.15) is 0 Å². The van der Waals surface area contributed by atoms with E-state index in [0.717, 1.165) is 4.47 Å². The highest BCUT2D eigenvalue weighted by molar-refractivity contribution is 9.10. The quantitative estimate of drug-likeness (QED) is 0.925. The molecule has 2 aromatic rings. The minimum atomic E-state index is -1.08. The molecule has 1 heterocycles. The zero-order valence-corrected chi connectivity index (χ0v) is 11.3. The Hall–Kier alpha value is -1.59. The summed E-state index contributed by atoms with van der Waals surface area (Å²) in [6.45, 7) is 0. The van der Waals surface area contributed by atoms with Crippen molar-refractivity contribution in [3.63, 3.8) is 0 Å². The number of aromatic nitrogens is 1. The molecular weight excluding hydrogens is 321 g/mol. The van der Waals surface area contributed by atoms with E-state index in [1.807, 2.05) is 0 Å². The number of rotatable bonds is 3. The lowest BCUT2D eigenvalue weighted by Crippen LogP contribution is -2.00. The van der Waals surface area contributed by atoms with Gasteiger partial charge >= 0.3 is 5.97 Å². The maximum atomic E-state index is 11.0. The number of hydrogen-bond donors (Lipinski definition) is 1. The minimum absolute atomic E-state index is 0.0287. The molecule has 1 aromatic carbocycles. The van der Waals surface area contributed by atoms with E-state index in [2.05, 4.69) is 20.9 Å². The van der Waals surface area contributed by atoms with Gasteiger partial charge < -0.3 is 9.84 Å². The molecule has 0 aliphatic carbocycles. The Morgan fingerprint density at radius 2 is 2.11 bits per heavy atom. The van der Waals surface area contributed by atoms with Crippen LogP contribution in [0.1, 0.15) is 10.4 Å². The molecule has 0 bridgehead atoms. The first kappa shape index (κ1) is 12.9. The van der Waals surface area contributed by atoms with Crippen molar-refractivity contribution >= 4 is 33.5 Å². The van der Waals surface area contributed by atoms with Crippen molar-refractivity contribution in [3.05, 3.63) is 51.7 Å². The molecule has 6 heteroatoms. The van der Waals surface area contributed by atoms with Crippen LogP contribution in [0.4, 0.5) is 0 Å². The Balaban J connectivity index is 2.40. The SMILES string of the molecule is O=C(O)c1ccncc1Oc1cc(Br)ccc1Cl. The summed E-state index contributed by atoms with van der Waals surface area (Å²) in [5.74, 6) is -0.579. The van der Waals surface area contributed by atoms with E-state index < -0.39 is 5.97 Å². The zero-order chi connectivity index (χ0) is 13.1. The minimum Gasteiger partial charge on any atom is -0.478 e. The maximum Gasteiger partial charge on any atom is 0.339 e.